The van der Waals surface area contributed by atoms with Crippen LogP contribution in [0.1, 0.15) is 6.92 Å². The summed E-state index contributed by atoms with van der Waals surface area (Å²) in [5.41, 5.74) is 0. The van der Waals surface area contributed by atoms with Crippen LogP contribution in [0, 0.1) is 0 Å². The number of aliphatic carboxylic acids is 1. The number of carbonyl (C=O) groups is 1. The molecule has 0 saturated heterocycles. The maximum absolute atomic E-state index is 10.2. The molecular formula is C5H11NO2S. The Kier molecular flexibility index (Phi) is 4.53. The first-order valence-corrected chi connectivity index (χ1v) is 4.00. The van der Waals surface area contributed by atoms with Gasteiger partial charge in [0.25, 0.3) is 0 Å². The van der Waals surface area contributed by atoms with Gasteiger partial charge in [-0.05, 0) is 12.8 Å². The van der Waals surface area contributed by atoms with Crippen molar-refractivity contribution in [3.63, 3.8) is 0 Å². The van der Waals surface area contributed by atoms with Gasteiger partial charge in [-0.1, -0.05) is 6.92 Å². The van der Waals surface area contributed by atoms with Gasteiger partial charge < -0.3 is 5.11 Å². The summed E-state index contributed by atoms with van der Waals surface area (Å²) in [5.74, 6) is -0.802. The zero-order valence-corrected chi connectivity index (χ0v) is 6.36. The normalized spacial score (nSPS) is 13.1. The molecule has 2 N–H and O–H groups in total. The minimum absolute atomic E-state index is 0.449. The molecule has 4 heteroatoms. The van der Waals surface area contributed by atoms with Crippen LogP contribution in [-0.2, 0) is 4.79 Å². The Bertz CT molecular complexity index is 97.0. The third kappa shape index (κ3) is 3.37. The molecule has 0 aromatic carbocycles. The fraction of sp³-hybridized carbons (Fsp3) is 0.800. The van der Waals surface area contributed by atoms with Crippen molar-refractivity contribution in [1.29, 1.82) is 0 Å². The molecule has 0 aliphatic rings. The summed E-state index contributed by atoms with van der Waals surface area (Å²) in [6.45, 7) is 2.57. The van der Waals surface area contributed by atoms with E-state index in [1.54, 1.807) is 6.26 Å². The van der Waals surface area contributed by atoms with Crippen LogP contribution in [0.4, 0.5) is 0 Å². The van der Waals surface area contributed by atoms with Crippen molar-refractivity contribution in [2.75, 3.05) is 12.8 Å². The molecular weight excluding hydrogens is 138 g/mol. The van der Waals surface area contributed by atoms with Gasteiger partial charge in [-0.25, -0.2) is 4.79 Å². The van der Waals surface area contributed by atoms with Crippen LogP contribution in [0.5, 0.6) is 0 Å². The van der Waals surface area contributed by atoms with Crippen molar-refractivity contribution < 1.29 is 9.90 Å². The lowest BCUT2D eigenvalue weighted by Gasteiger charge is -2.07. The van der Waals surface area contributed by atoms with Gasteiger partial charge in [0.1, 0.15) is 0 Å². The molecule has 0 fully saturated rings. The van der Waals surface area contributed by atoms with Crippen molar-refractivity contribution in [3.05, 3.63) is 0 Å². The predicted molar refractivity (Wildman–Crippen MR) is 38.6 cm³/mol. The molecule has 0 aromatic heterocycles. The van der Waals surface area contributed by atoms with E-state index in [-0.39, 0.29) is 0 Å². The zero-order valence-electron chi connectivity index (χ0n) is 5.55. The number of thioether (sulfide) groups is 1. The van der Waals surface area contributed by atoms with Crippen LogP contribution < -0.4 is 5.32 Å². The minimum atomic E-state index is -0.802. The first-order valence-electron chi connectivity index (χ1n) is 2.71. The highest BCUT2D eigenvalue weighted by Gasteiger charge is 2.12. The summed E-state index contributed by atoms with van der Waals surface area (Å²) in [4.78, 5) is 10.2. The summed E-state index contributed by atoms with van der Waals surface area (Å²) >= 11 is 1.29. The smallest absolute Gasteiger partial charge is 0.331 e. The van der Waals surface area contributed by atoms with E-state index in [9.17, 15) is 4.79 Å². The molecule has 1 unspecified atom stereocenters. The first kappa shape index (κ1) is 8.78. The maximum Gasteiger partial charge on any atom is 0.331 e. The Balaban J connectivity index is 3.54. The molecule has 3 nitrogen and oxygen atoms in total. The van der Waals surface area contributed by atoms with E-state index in [1.165, 1.54) is 11.8 Å². The standard InChI is InChI=1S/C5H11NO2S/c1-3-6-4(9-2)5(7)8/h4,6H,3H2,1-2H3,(H,7,8). The average Bonchev–Trinajstić information content (AvgIpc) is 1.82. The van der Waals surface area contributed by atoms with Crippen molar-refractivity contribution in [2.24, 2.45) is 0 Å². The fourth-order valence-corrected chi connectivity index (χ4v) is 0.992. The first-order chi connectivity index (χ1) is 4.22. The van der Waals surface area contributed by atoms with Gasteiger partial charge in [0, 0.05) is 0 Å². The molecule has 0 spiro atoms. The quantitative estimate of drug-likeness (QED) is 0.567. The van der Waals surface area contributed by atoms with Gasteiger partial charge in [0.05, 0.1) is 0 Å². The van der Waals surface area contributed by atoms with E-state index in [2.05, 4.69) is 5.32 Å². The second-order valence-corrected chi connectivity index (χ2v) is 2.45. The Hall–Kier alpha value is -0.220. The third-order valence-electron chi connectivity index (χ3n) is 0.850. The molecule has 0 bridgehead atoms. The minimum Gasteiger partial charge on any atom is -0.479 e. The average molecular weight is 149 g/mol. The second kappa shape index (κ2) is 4.64. The van der Waals surface area contributed by atoms with Crippen molar-refractivity contribution >= 4 is 17.7 Å². The molecule has 0 rings (SSSR count). The second-order valence-electron chi connectivity index (χ2n) is 1.51. The molecule has 0 aromatic rings. The summed E-state index contributed by atoms with van der Waals surface area (Å²) in [7, 11) is 0. The lowest BCUT2D eigenvalue weighted by Crippen LogP contribution is -2.32. The number of carboxylic acid groups (broad SMARTS) is 1. The number of hydrogen-bond donors (Lipinski definition) is 2. The van der Waals surface area contributed by atoms with Crippen molar-refractivity contribution in [1.82, 2.24) is 5.32 Å². The molecule has 0 heterocycles. The van der Waals surface area contributed by atoms with Crippen LogP contribution in [-0.4, -0.2) is 29.3 Å². The fourth-order valence-electron chi connectivity index (χ4n) is 0.457. The van der Waals surface area contributed by atoms with Crippen molar-refractivity contribution in [2.45, 2.75) is 12.3 Å². The Morgan fingerprint density at radius 1 is 1.89 bits per heavy atom. The van der Waals surface area contributed by atoms with Crippen LogP contribution in [0.25, 0.3) is 0 Å². The highest BCUT2D eigenvalue weighted by Crippen LogP contribution is 2.00. The molecule has 9 heavy (non-hydrogen) atoms. The van der Waals surface area contributed by atoms with E-state index in [0.29, 0.717) is 6.54 Å². The van der Waals surface area contributed by atoms with E-state index in [0.717, 1.165) is 0 Å². The molecule has 0 aliphatic carbocycles. The molecule has 0 saturated carbocycles. The monoisotopic (exact) mass is 149 g/mol. The van der Waals surface area contributed by atoms with Crippen LogP contribution in [0.3, 0.4) is 0 Å². The largest absolute Gasteiger partial charge is 0.479 e. The zero-order chi connectivity index (χ0) is 7.28. The lowest BCUT2D eigenvalue weighted by molar-refractivity contribution is -0.136. The van der Waals surface area contributed by atoms with Crippen LogP contribution in [0.2, 0.25) is 0 Å². The van der Waals surface area contributed by atoms with Crippen LogP contribution >= 0.6 is 11.8 Å². The SMILES string of the molecule is CCNC(SC)C(=O)O. The highest BCUT2D eigenvalue weighted by molar-refractivity contribution is 7.99. The van der Waals surface area contributed by atoms with E-state index in [4.69, 9.17) is 5.11 Å². The Morgan fingerprint density at radius 2 is 2.44 bits per heavy atom. The third-order valence-corrected chi connectivity index (χ3v) is 1.69. The maximum atomic E-state index is 10.2. The lowest BCUT2D eigenvalue weighted by atomic mass is 10.6. The number of rotatable bonds is 4. The van der Waals surface area contributed by atoms with Crippen molar-refractivity contribution in [3.8, 4) is 0 Å². The van der Waals surface area contributed by atoms with Gasteiger partial charge in [0.15, 0.2) is 5.37 Å². The van der Waals surface area contributed by atoms with Gasteiger partial charge >= 0.3 is 5.97 Å². The molecule has 0 radical (unpaired) electrons. The van der Waals surface area contributed by atoms with Gasteiger partial charge in [-0.2, -0.15) is 0 Å². The molecule has 0 aliphatic heterocycles. The predicted octanol–water partition coefficient (Wildman–Crippen LogP) is 0.370. The Labute approximate surface area is 58.8 Å². The van der Waals surface area contributed by atoms with E-state index < -0.39 is 11.3 Å². The Morgan fingerprint density at radius 3 is 2.56 bits per heavy atom. The van der Waals surface area contributed by atoms with E-state index >= 15 is 0 Å². The summed E-state index contributed by atoms with van der Waals surface area (Å²) in [6.07, 6.45) is 1.77. The highest BCUT2D eigenvalue weighted by atomic mass is 32.2. The molecule has 0 amide bonds. The molecule has 54 valence electrons. The summed E-state index contributed by atoms with van der Waals surface area (Å²) < 4.78 is 0. The summed E-state index contributed by atoms with van der Waals surface area (Å²) in [5, 5.41) is 10.8. The summed E-state index contributed by atoms with van der Waals surface area (Å²) in [6, 6.07) is 0. The molecule has 1 atom stereocenters. The number of hydrogen-bond acceptors (Lipinski definition) is 3. The topological polar surface area (TPSA) is 49.3 Å². The number of carboxylic acids is 1. The van der Waals surface area contributed by atoms with Gasteiger partial charge in [-0.15, -0.1) is 11.8 Å². The number of likely N-dealkylation sites (N-methyl/N-ethyl adjacent to an activating group) is 1. The van der Waals surface area contributed by atoms with Gasteiger partial charge in [-0.3, -0.25) is 5.32 Å². The number of nitrogens with one attached hydrogen (secondary N) is 1. The van der Waals surface area contributed by atoms with Crippen LogP contribution in [0.15, 0.2) is 0 Å². The van der Waals surface area contributed by atoms with E-state index in [1.807, 2.05) is 6.92 Å². The van der Waals surface area contributed by atoms with Gasteiger partial charge in [0.2, 0.25) is 0 Å².